The second-order valence-corrected chi connectivity index (χ2v) is 4.85. The van der Waals surface area contributed by atoms with Gasteiger partial charge in [0.2, 0.25) is 0 Å². The molecule has 0 fully saturated rings. The van der Waals surface area contributed by atoms with Crippen molar-refractivity contribution in [1.82, 2.24) is 0 Å². The van der Waals surface area contributed by atoms with Crippen LogP contribution in [0.15, 0.2) is 47.6 Å². The Morgan fingerprint density at radius 3 is 2.81 bits per heavy atom. The van der Waals surface area contributed by atoms with Crippen LogP contribution in [-0.4, -0.2) is 10.9 Å². The van der Waals surface area contributed by atoms with Gasteiger partial charge in [0.15, 0.2) is 5.71 Å². The van der Waals surface area contributed by atoms with Gasteiger partial charge in [-0.05, 0) is 30.2 Å². The van der Waals surface area contributed by atoms with Crippen LogP contribution in [0.3, 0.4) is 0 Å². The van der Waals surface area contributed by atoms with Gasteiger partial charge in [0.1, 0.15) is 18.4 Å². The molecule has 0 aliphatic carbocycles. The lowest BCUT2D eigenvalue weighted by atomic mass is 10.0. The van der Waals surface area contributed by atoms with Gasteiger partial charge in [0, 0.05) is 5.56 Å². The molecule has 0 heterocycles. The molecule has 5 heteroatoms. The predicted molar refractivity (Wildman–Crippen MR) is 80.9 cm³/mol. The number of oxime groups is 1. The summed E-state index contributed by atoms with van der Waals surface area (Å²) in [5, 5.41) is 21.4. The summed E-state index contributed by atoms with van der Waals surface area (Å²) in [5.74, 6) is 0.575. The highest BCUT2D eigenvalue weighted by atomic mass is 35.5. The number of nitriles is 1. The van der Waals surface area contributed by atoms with Crippen molar-refractivity contribution >= 4 is 17.3 Å². The number of nitrogens with zero attached hydrogens (tertiary/aromatic N) is 2. The van der Waals surface area contributed by atoms with Gasteiger partial charge in [-0.25, -0.2) is 0 Å². The Morgan fingerprint density at radius 2 is 2.10 bits per heavy atom. The number of ether oxygens (including phenoxy) is 1. The molecule has 0 spiro atoms. The number of rotatable bonds is 4. The second kappa shape index (κ2) is 6.78. The zero-order valence-corrected chi connectivity index (χ0v) is 12.1. The average Bonchev–Trinajstić information content (AvgIpc) is 2.50. The summed E-state index contributed by atoms with van der Waals surface area (Å²) in [4.78, 5) is 0. The molecule has 4 nitrogen and oxygen atoms in total. The Balaban J connectivity index is 2.25. The van der Waals surface area contributed by atoms with Crippen molar-refractivity contribution in [3.05, 3.63) is 64.2 Å². The van der Waals surface area contributed by atoms with Gasteiger partial charge >= 0.3 is 0 Å². The fraction of sp³-hybridized carbons (Fsp3) is 0.125. The third kappa shape index (κ3) is 3.53. The van der Waals surface area contributed by atoms with Crippen molar-refractivity contribution < 1.29 is 9.94 Å². The van der Waals surface area contributed by atoms with E-state index >= 15 is 0 Å². The molecule has 106 valence electrons. The van der Waals surface area contributed by atoms with Gasteiger partial charge in [-0.2, -0.15) is 5.26 Å². The van der Waals surface area contributed by atoms with Gasteiger partial charge in [0.05, 0.1) is 5.02 Å². The summed E-state index contributed by atoms with van der Waals surface area (Å²) in [6, 6.07) is 14.5. The van der Waals surface area contributed by atoms with Crippen LogP contribution in [0.2, 0.25) is 5.02 Å². The molecule has 2 rings (SSSR count). The van der Waals surface area contributed by atoms with Gasteiger partial charge in [-0.1, -0.05) is 47.1 Å². The van der Waals surface area contributed by atoms with E-state index < -0.39 is 0 Å². The first-order valence-corrected chi connectivity index (χ1v) is 6.63. The van der Waals surface area contributed by atoms with Crippen molar-refractivity contribution in [2.45, 2.75) is 13.5 Å². The van der Waals surface area contributed by atoms with E-state index in [1.54, 1.807) is 18.2 Å². The zero-order valence-electron chi connectivity index (χ0n) is 11.4. The van der Waals surface area contributed by atoms with E-state index in [-0.39, 0.29) is 12.3 Å². The maximum Gasteiger partial charge on any atom is 0.187 e. The number of halogens is 1. The van der Waals surface area contributed by atoms with E-state index in [0.717, 1.165) is 11.1 Å². The minimum absolute atomic E-state index is 0.0514. The SMILES string of the molecule is Cc1ccc(Cl)c(OCc2ccccc2C(C#N)=NO)c1. The molecule has 1 N–H and O–H groups in total. The summed E-state index contributed by atoms with van der Waals surface area (Å²) in [6.45, 7) is 2.17. The zero-order chi connectivity index (χ0) is 15.2. The quantitative estimate of drug-likeness (QED) is 0.528. The van der Waals surface area contributed by atoms with Gasteiger partial charge < -0.3 is 9.94 Å². The van der Waals surface area contributed by atoms with Crippen LogP contribution in [0, 0.1) is 18.3 Å². The van der Waals surface area contributed by atoms with Gasteiger partial charge in [0.25, 0.3) is 0 Å². The summed E-state index contributed by atoms with van der Waals surface area (Å²) in [5.41, 5.74) is 2.26. The number of hydrogen-bond acceptors (Lipinski definition) is 4. The third-order valence-electron chi connectivity index (χ3n) is 2.95. The Labute approximate surface area is 127 Å². The maximum atomic E-state index is 8.97. The van der Waals surface area contributed by atoms with Crippen LogP contribution in [0.25, 0.3) is 0 Å². The van der Waals surface area contributed by atoms with Crippen LogP contribution in [-0.2, 0) is 6.61 Å². The highest BCUT2D eigenvalue weighted by Crippen LogP contribution is 2.26. The monoisotopic (exact) mass is 300 g/mol. The van der Waals surface area contributed by atoms with Crippen molar-refractivity contribution in [3.63, 3.8) is 0 Å². The minimum Gasteiger partial charge on any atom is -0.487 e. The first kappa shape index (κ1) is 14.9. The predicted octanol–water partition coefficient (Wildman–Crippen LogP) is 3.93. The molecule has 0 atom stereocenters. The van der Waals surface area contributed by atoms with Crippen molar-refractivity contribution in [2.75, 3.05) is 0 Å². The van der Waals surface area contributed by atoms with E-state index in [4.69, 9.17) is 26.8 Å². The Morgan fingerprint density at radius 1 is 1.33 bits per heavy atom. The van der Waals surface area contributed by atoms with E-state index in [1.807, 2.05) is 37.3 Å². The van der Waals surface area contributed by atoms with Crippen molar-refractivity contribution in [1.29, 1.82) is 5.26 Å². The molecule has 0 saturated heterocycles. The fourth-order valence-corrected chi connectivity index (χ4v) is 2.06. The molecule has 2 aromatic carbocycles. The molecular formula is C16H13ClN2O2. The molecule has 0 aliphatic rings. The highest BCUT2D eigenvalue weighted by molar-refractivity contribution is 6.32. The molecule has 21 heavy (non-hydrogen) atoms. The standard InChI is InChI=1S/C16H13ClN2O2/c1-11-6-7-14(17)16(8-11)21-10-12-4-2-3-5-13(12)15(9-18)19-20/h2-8,20H,10H2,1H3. The van der Waals surface area contributed by atoms with Crippen LogP contribution in [0.1, 0.15) is 16.7 Å². The molecule has 2 aromatic rings. The lowest BCUT2D eigenvalue weighted by Crippen LogP contribution is -2.06. The lowest BCUT2D eigenvalue weighted by molar-refractivity contribution is 0.305. The Kier molecular flexibility index (Phi) is 4.81. The fourth-order valence-electron chi connectivity index (χ4n) is 1.89. The molecule has 0 amide bonds. The first-order chi connectivity index (χ1) is 10.2. The molecule has 0 radical (unpaired) electrons. The van der Waals surface area contributed by atoms with E-state index in [9.17, 15) is 0 Å². The third-order valence-corrected chi connectivity index (χ3v) is 3.26. The van der Waals surface area contributed by atoms with Crippen molar-refractivity contribution in [2.24, 2.45) is 5.16 Å². The van der Waals surface area contributed by atoms with Gasteiger partial charge in [-0.15, -0.1) is 0 Å². The number of hydrogen-bond donors (Lipinski definition) is 1. The lowest BCUT2D eigenvalue weighted by Gasteiger charge is -2.11. The number of benzene rings is 2. The van der Waals surface area contributed by atoms with E-state index in [0.29, 0.717) is 16.3 Å². The first-order valence-electron chi connectivity index (χ1n) is 6.25. The summed E-state index contributed by atoms with van der Waals surface area (Å²) in [7, 11) is 0. The number of aryl methyl sites for hydroxylation is 1. The van der Waals surface area contributed by atoms with E-state index in [1.165, 1.54) is 0 Å². The minimum atomic E-state index is -0.0514. The average molecular weight is 301 g/mol. The molecule has 0 bridgehead atoms. The topological polar surface area (TPSA) is 65.6 Å². The van der Waals surface area contributed by atoms with Crippen molar-refractivity contribution in [3.8, 4) is 11.8 Å². The second-order valence-electron chi connectivity index (χ2n) is 4.44. The normalized spacial score (nSPS) is 11.0. The molecule has 0 aromatic heterocycles. The Bertz CT molecular complexity index is 720. The van der Waals surface area contributed by atoms with Crippen LogP contribution in [0.4, 0.5) is 0 Å². The molecule has 0 unspecified atom stereocenters. The highest BCUT2D eigenvalue weighted by Gasteiger charge is 2.10. The Hall–Kier alpha value is -2.51. The maximum absolute atomic E-state index is 8.97. The largest absolute Gasteiger partial charge is 0.487 e. The van der Waals surface area contributed by atoms with Gasteiger partial charge in [-0.3, -0.25) is 0 Å². The van der Waals surface area contributed by atoms with Crippen LogP contribution in [0.5, 0.6) is 5.75 Å². The molecular weight excluding hydrogens is 288 g/mol. The smallest absolute Gasteiger partial charge is 0.187 e. The van der Waals surface area contributed by atoms with E-state index in [2.05, 4.69) is 5.16 Å². The molecule has 0 saturated carbocycles. The van der Waals surface area contributed by atoms with Crippen LogP contribution >= 0.6 is 11.6 Å². The summed E-state index contributed by atoms with van der Waals surface area (Å²) < 4.78 is 5.71. The summed E-state index contributed by atoms with van der Waals surface area (Å²) >= 11 is 6.08. The van der Waals surface area contributed by atoms with Crippen LogP contribution < -0.4 is 4.74 Å². The molecule has 0 aliphatic heterocycles. The summed E-state index contributed by atoms with van der Waals surface area (Å²) in [6.07, 6.45) is 0.